The van der Waals surface area contributed by atoms with Crippen LogP contribution in [0.2, 0.25) is 0 Å². The lowest BCUT2D eigenvalue weighted by Gasteiger charge is -2.17. The summed E-state index contributed by atoms with van der Waals surface area (Å²) in [5, 5.41) is 2.83. The number of hydrogen-bond acceptors (Lipinski definition) is 4. The molecule has 1 aliphatic rings. The highest BCUT2D eigenvalue weighted by molar-refractivity contribution is 7.92. The summed E-state index contributed by atoms with van der Waals surface area (Å²) < 4.78 is 29.7. The van der Waals surface area contributed by atoms with E-state index in [1.54, 1.807) is 25.3 Å². The van der Waals surface area contributed by atoms with Crippen LogP contribution >= 0.6 is 0 Å². The summed E-state index contributed by atoms with van der Waals surface area (Å²) in [5.41, 5.74) is 2.08. The first kappa shape index (κ1) is 15.8. The zero-order valence-electron chi connectivity index (χ0n) is 12.4. The lowest BCUT2D eigenvalue weighted by molar-refractivity contribution is 0.0905. The first-order valence-corrected chi connectivity index (χ1v) is 8.58. The molecule has 1 aliphatic heterocycles. The summed E-state index contributed by atoms with van der Waals surface area (Å²) in [6.45, 7) is 2.73. The normalized spacial score (nSPS) is 15.7. The third kappa shape index (κ3) is 3.54. The van der Waals surface area contributed by atoms with Gasteiger partial charge in [0, 0.05) is 25.3 Å². The summed E-state index contributed by atoms with van der Waals surface area (Å²) in [7, 11) is -1.68. The molecule has 0 aliphatic carbocycles. The highest BCUT2D eigenvalue weighted by atomic mass is 32.2. The van der Waals surface area contributed by atoms with E-state index in [9.17, 15) is 13.2 Å². The van der Waals surface area contributed by atoms with Crippen LogP contribution in [0.4, 0.5) is 5.69 Å². The molecule has 0 bridgehead atoms. The Hall–Kier alpha value is -1.60. The number of benzene rings is 1. The van der Waals surface area contributed by atoms with Crippen LogP contribution in [0.15, 0.2) is 18.2 Å². The van der Waals surface area contributed by atoms with Crippen LogP contribution in [-0.2, 0) is 21.2 Å². The Labute approximate surface area is 125 Å². The molecule has 0 spiro atoms. The summed E-state index contributed by atoms with van der Waals surface area (Å²) in [6.07, 6.45) is 1.81. The Balaban J connectivity index is 2.18. The predicted octanol–water partition coefficient (Wildman–Crippen LogP) is 0.773. The molecule has 6 nitrogen and oxygen atoms in total. The highest BCUT2D eigenvalue weighted by Gasteiger charge is 2.26. The smallest absolute Gasteiger partial charge is 0.251 e. The number of rotatable bonds is 5. The van der Waals surface area contributed by atoms with Crippen molar-refractivity contribution in [2.45, 2.75) is 19.4 Å². The zero-order valence-corrected chi connectivity index (χ0v) is 13.2. The van der Waals surface area contributed by atoms with Crippen LogP contribution in [0.25, 0.3) is 0 Å². The van der Waals surface area contributed by atoms with Crippen molar-refractivity contribution < 1.29 is 17.9 Å². The maximum atomic E-state index is 12.1. The number of nitrogens with zero attached hydrogens (tertiary/aromatic N) is 1. The van der Waals surface area contributed by atoms with Gasteiger partial charge in [-0.25, -0.2) is 8.42 Å². The zero-order chi connectivity index (χ0) is 15.6. The van der Waals surface area contributed by atoms with Crippen molar-refractivity contribution in [1.29, 1.82) is 0 Å². The molecule has 1 atom stereocenters. The van der Waals surface area contributed by atoms with E-state index in [1.807, 2.05) is 6.92 Å². The van der Waals surface area contributed by atoms with Crippen molar-refractivity contribution in [1.82, 2.24) is 5.32 Å². The van der Waals surface area contributed by atoms with E-state index in [-0.39, 0.29) is 11.9 Å². The van der Waals surface area contributed by atoms with Gasteiger partial charge >= 0.3 is 0 Å². The standard InChI is InChI=1S/C14H20N2O4S/c1-10(9-20-2)15-14(17)12-4-5-13-11(8-12)6-7-16(13)21(3,18)19/h4-5,8,10H,6-7,9H2,1-3H3,(H,15,17). The summed E-state index contributed by atoms with van der Waals surface area (Å²) in [5.74, 6) is -0.180. The number of sulfonamides is 1. The molecular weight excluding hydrogens is 292 g/mol. The Morgan fingerprint density at radius 2 is 2.19 bits per heavy atom. The van der Waals surface area contributed by atoms with Crippen molar-refractivity contribution in [3.8, 4) is 0 Å². The second-order valence-electron chi connectivity index (χ2n) is 5.26. The third-order valence-electron chi connectivity index (χ3n) is 3.39. The van der Waals surface area contributed by atoms with Gasteiger partial charge in [-0.2, -0.15) is 0 Å². The minimum absolute atomic E-state index is 0.0803. The van der Waals surface area contributed by atoms with Gasteiger partial charge in [0.2, 0.25) is 10.0 Å². The Morgan fingerprint density at radius 3 is 2.81 bits per heavy atom. The van der Waals surface area contributed by atoms with Gasteiger partial charge in [-0.05, 0) is 37.1 Å². The average molecular weight is 312 g/mol. The number of nitrogens with one attached hydrogen (secondary N) is 1. The van der Waals surface area contributed by atoms with Gasteiger partial charge in [0.05, 0.1) is 18.6 Å². The number of ether oxygens (including phenoxy) is 1. The third-order valence-corrected chi connectivity index (χ3v) is 4.57. The molecule has 7 heteroatoms. The Kier molecular flexibility index (Phi) is 4.53. The van der Waals surface area contributed by atoms with Gasteiger partial charge < -0.3 is 10.1 Å². The molecule has 0 saturated heterocycles. The van der Waals surface area contributed by atoms with Crippen molar-refractivity contribution in [3.05, 3.63) is 29.3 Å². The van der Waals surface area contributed by atoms with Crippen LogP contribution in [0.5, 0.6) is 0 Å². The monoisotopic (exact) mass is 312 g/mol. The number of hydrogen-bond donors (Lipinski definition) is 1. The molecule has 1 aromatic rings. The number of carbonyl (C=O) groups excluding carboxylic acids is 1. The van der Waals surface area contributed by atoms with Crippen LogP contribution in [-0.4, -0.2) is 46.9 Å². The molecule has 1 unspecified atom stereocenters. The van der Waals surface area contributed by atoms with E-state index in [0.717, 1.165) is 5.56 Å². The van der Waals surface area contributed by atoms with Crippen molar-refractivity contribution >= 4 is 21.6 Å². The number of fused-ring (bicyclic) bond motifs is 1. The molecule has 0 aromatic heterocycles. The molecule has 0 saturated carbocycles. The van der Waals surface area contributed by atoms with E-state index < -0.39 is 10.0 Å². The molecule has 1 heterocycles. The minimum Gasteiger partial charge on any atom is -0.383 e. The van der Waals surface area contributed by atoms with E-state index >= 15 is 0 Å². The summed E-state index contributed by atoms with van der Waals surface area (Å²) >= 11 is 0. The van der Waals surface area contributed by atoms with E-state index in [1.165, 1.54) is 10.6 Å². The molecule has 116 valence electrons. The number of carbonyl (C=O) groups is 1. The molecule has 21 heavy (non-hydrogen) atoms. The second kappa shape index (κ2) is 6.03. The average Bonchev–Trinajstić information content (AvgIpc) is 2.81. The first-order valence-electron chi connectivity index (χ1n) is 6.73. The van der Waals surface area contributed by atoms with Crippen LogP contribution in [0, 0.1) is 0 Å². The molecule has 0 radical (unpaired) electrons. The van der Waals surface area contributed by atoms with Gasteiger partial charge in [-0.3, -0.25) is 9.10 Å². The maximum absolute atomic E-state index is 12.1. The van der Waals surface area contributed by atoms with Gasteiger partial charge in [0.1, 0.15) is 0 Å². The number of anilines is 1. The van der Waals surface area contributed by atoms with Crippen LogP contribution < -0.4 is 9.62 Å². The topological polar surface area (TPSA) is 75.7 Å². The SMILES string of the molecule is COCC(C)NC(=O)c1ccc2c(c1)CCN2S(C)(=O)=O. The Bertz CT molecular complexity index is 642. The lowest BCUT2D eigenvalue weighted by atomic mass is 10.1. The van der Waals surface area contributed by atoms with Crippen molar-refractivity contribution in [3.63, 3.8) is 0 Å². The second-order valence-corrected chi connectivity index (χ2v) is 7.17. The van der Waals surface area contributed by atoms with Crippen molar-refractivity contribution in [2.75, 3.05) is 30.8 Å². The van der Waals surface area contributed by atoms with E-state index in [0.29, 0.717) is 30.8 Å². The van der Waals surface area contributed by atoms with Crippen LogP contribution in [0.1, 0.15) is 22.8 Å². The van der Waals surface area contributed by atoms with Gasteiger partial charge in [0.15, 0.2) is 0 Å². The highest BCUT2D eigenvalue weighted by Crippen LogP contribution is 2.30. The number of methoxy groups -OCH3 is 1. The van der Waals surface area contributed by atoms with E-state index in [2.05, 4.69) is 5.32 Å². The molecule has 1 amide bonds. The Morgan fingerprint density at radius 1 is 1.48 bits per heavy atom. The minimum atomic E-state index is -3.26. The molecule has 2 rings (SSSR count). The fourth-order valence-electron chi connectivity index (χ4n) is 2.46. The van der Waals surface area contributed by atoms with E-state index in [4.69, 9.17) is 4.74 Å². The van der Waals surface area contributed by atoms with Gasteiger partial charge in [-0.1, -0.05) is 0 Å². The molecule has 1 N–H and O–H groups in total. The summed E-state index contributed by atoms with van der Waals surface area (Å²) in [6, 6.07) is 5.02. The first-order chi connectivity index (χ1) is 9.82. The summed E-state index contributed by atoms with van der Waals surface area (Å²) in [4.78, 5) is 12.1. The largest absolute Gasteiger partial charge is 0.383 e. The fourth-order valence-corrected chi connectivity index (χ4v) is 3.41. The quantitative estimate of drug-likeness (QED) is 0.871. The van der Waals surface area contributed by atoms with Crippen LogP contribution in [0.3, 0.4) is 0 Å². The predicted molar refractivity (Wildman–Crippen MR) is 81.1 cm³/mol. The lowest BCUT2D eigenvalue weighted by Crippen LogP contribution is -2.35. The fraction of sp³-hybridized carbons (Fsp3) is 0.500. The molecule has 1 aromatic carbocycles. The molecular formula is C14H20N2O4S. The maximum Gasteiger partial charge on any atom is 0.251 e. The number of amides is 1. The molecule has 0 fully saturated rings. The van der Waals surface area contributed by atoms with Gasteiger partial charge in [0.25, 0.3) is 5.91 Å². The van der Waals surface area contributed by atoms with Gasteiger partial charge in [-0.15, -0.1) is 0 Å². The van der Waals surface area contributed by atoms with Crippen molar-refractivity contribution in [2.24, 2.45) is 0 Å².